The first-order valence-corrected chi connectivity index (χ1v) is 15.5. The van der Waals surface area contributed by atoms with Gasteiger partial charge in [0.15, 0.2) is 0 Å². The smallest absolute Gasteiger partial charge is 0.340 e. The molecule has 6 heteroatoms. The molecule has 2 aliphatic heterocycles. The van der Waals surface area contributed by atoms with Gasteiger partial charge in [0.1, 0.15) is 17.3 Å². The van der Waals surface area contributed by atoms with Crippen LogP contribution in [0.3, 0.4) is 0 Å². The number of ether oxygens (including phenoxy) is 2. The number of unbranched alkanes of at least 4 members (excludes halogenated alkanes) is 1. The van der Waals surface area contributed by atoms with Crippen LogP contribution in [0.4, 0.5) is 0 Å². The number of hydrogen-bond acceptors (Lipinski definition) is 6. The molecule has 6 aliphatic rings. The van der Waals surface area contributed by atoms with Crippen molar-refractivity contribution in [3.63, 3.8) is 0 Å². The molecule has 2 bridgehead atoms. The van der Waals surface area contributed by atoms with Crippen LogP contribution in [0.2, 0.25) is 0 Å². The maximum absolute atomic E-state index is 14.0. The van der Waals surface area contributed by atoms with Crippen LogP contribution in [0.5, 0.6) is 5.75 Å². The largest absolute Gasteiger partial charge is 0.508 e. The summed E-state index contributed by atoms with van der Waals surface area (Å²) in [5.74, 6) is 1.54. The van der Waals surface area contributed by atoms with E-state index in [9.17, 15) is 19.8 Å². The summed E-state index contributed by atoms with van der Waals surface area (Å²) in [5.41, 5.74) is 3.48. The Balaban J connectivity index is 1.57. The average Bonchev–Trinajstić information content (AvgIpc) is 3.43. The van der Waals surface area contributed by atoms with Gasteiger partial charge in [-0.05, 0) is 104 Å². The number of carbonyl (C=O) groups excluding carboxylic acids is 2. The second kappa shape index (κ2) is 10.9. The van der Waals surface area contributed by atoms with Gasteiger partial charge in [0.25, 0.3) is 0 Å². The standard InChI is InChI=1S/C35H42O6/c1-4-5-9-27-26-13-12-25-24-14-16-35(31(25)30(26)33(38)40-27)28(18-21(15-17-36)11-10-20(2)3)41-34(39)32(35)29(24)22-7-6-8-23(37)19-22/h6-9,18-21,24-25,31,36-37H,4-5,10-17H2,1-3H3/b27-9-,28-18-/t21-,24+,25-,31+,35+/m0/s1. The highest BCUT2D eigenvalue weighted by Gasteiger charge is 2.68. The van der Waals surface area contributed by atoms with Crippen molar-refractivity contribution in [2.75, 3.05) is 6.61 Å². The molecule has 0 amide bonds. The predicted octanol–water partition coefficient (Wildman–Crippen LogP) is 6.99. The molecule has 1 spiro atoms. The van der Waals surface area contributed by atoms with Crippen molar-refractivity contribution in [1.82, 2.24) is 0 Å². The van der Waals surface area contributed by atoms with Crippen molar-refractivity contribution >= 4 is 17.5 Å². The van der Waals surface area contributed by atoms with Gasteiger partial charge >= 0.3 is 11.9 Å². The normalized spacial score (nSPS) is 31.1. The molecule has 7 rings (SSSR count). The zero-order valence-electron chi connectivity index (χ0n) is 24.4. The summed E-state index contributed by atoms with van der Waals surface area (Å²) in [7, 11) is 0. The van der Waals surface area contributed by atoms with E-state index < -0.39 is 5.41 Å². The van der Waals surface area contributed by atoms with E-state index in [2.05, 4.69) is 26.8 Å². The van der Waals surface area contributed by atoms with E-state index in [1.165, 1.54) is 0 Å². The SMILES string of the molecule is CCC/C=C1\OC(=O)C2=C1CC[C@H]1[C@H]3CC[C@]4(C(=C3c3cccc(O)c3)C(=O)O/C4=C\[C@H](CCO)CCC(C)C)[C@@H]21. The van der Waals surface area contributed by atoms with Gasteiger partial charge in [-0.3, -0.25) is 0 Å². The molecule has 0 aromatic heterocycles. The first kappa shape index (κ1) is 28.0. The third-order valence-corrected chi connectivity index (χ3v) is 10.1. The maximum Gasteiger partial charge on any atom is 0.340 e. The number of hydrogen-bond donors (Lipinski definition) is 2. The molecule has 0 radical (unpaired) electrons. The minimum Gasteiger partial charge on any atom is -0.508 e. The molecule has 1 saturated heterocycles. The van der Waals surface area contributed by atoms with Crippen molar-refractivity contribution in [3.8, 4) is 5.75 Å². The molecular weight excluding hydrogens is 516 g/mol. The number of aromatic hydroxyl groups is 1. The lowest BCUT2D eigenvalue weighted by atomic mass is 9.44. The lowest BCUT2D eigenvalue weighted by molar-refractivity contribution is -0.135. The van der Waals surface area contributed by atoms with E-state index in [-0.39, 0.29) is 48.0 Å². The zero-order valence-corrected chi connectivity index (χ0v) is 24.4. The molecule has 41 heavy (non-hydrogen) atoms. The van der Waals surface area contributed by atoms with Crippen molar-refractivity contribution in [2.45, 2.75) is 78.6 Å². The third-order valence-electron chi connectivity index (χ3n) is 10.1. The molecule has 2 N–H and O–H groups in total. The number of phenolic OH excluding ortho intramolecular Hbond substituents is 1. The van der Waals surface area contributed by atoms with Crippen molar-refractivity contribution in [3.05, 3.63) is 70.2 Å². The highest BCUT2D eigenvalue weighted by atomic mass is 16.5. The van der Waals surface area contributed by atoms with E-state index in [4.69, 9.17) is 9.47 Å². The number of benzene rings is 1. The number of aliphatic hydroxyl groups excluding tert-OH is 1. The number of fused-ring (bicyclic) bond motifs is 1. The first-order valence-electron chi connectivity index (χ1n) is 15.5. The van der Waals surface area contributed by atoms with E-state index in [1.54, 1.807) is 12.1 Å². The topological polar surface area (TPSA) is 93.1 Å². The van der Waals surface area contributed by atoms with Crippen LogP contribution in [0, 0.1) is 35.0 Å². The predicted molar refractivity (Wildman–Crippen MR) is 156 cm³/mol. The van der Waals surface area contributed by atoms with E-state index in [0.717, 1.165) is 73.6 Å². The summed E-state index contributed by atoms with van der Waals surface area (Å²) in [6.07, 6.45) is 11.8. The summed E-state index contributed by atoms with van der Waals surface area (Å²) >= 11 is 0. The minimum absolute atomic E-state index is 0.0616. The Bertz CT molecular complexity index is 1380. The van der Waals surface area contributed by atoms with E-state index >= 15 is 0 Å². The van der Waals surface area contributed by atoms with Gasteiger partial charge in [0, 0.05) is 23.7 Å². The van der Waals surface area contributed by atoms with E-state index in [1.807, 2.05) is 18.2 Å². The molecule has 0 unspecified atom stereocenters. The maximum atomic E-state index is 14.0. The van der Waals surface area contributed by atoms with Gasteiger partial charge in [0.05, 0.1) is 11.0 Å². The summed E-state index contributed by atoms with van der Waals surface area (Å²) < 4.78 is 12.2. The Morgan fingerprint density at radius 3 is 2.63 bits per heavy atom. The second-order valence-electron chi connectivity index (χ2n) is 12.9. The first-order chi connectivity index (χ1) is 19.8. The fourth-order valence-electron chi connectivity index (χ4n) is 8.43. The molecule has 2 heterocycles. The third kappa shape index (κ3) is 4.50. The van der Waals surface area contributed by atoms with Crippen molar-refractivity contribution in [2.24, 2.45) is 35.0 Å². The Labute approximate surface area is 242 Å². The second-order valence-corrected chi connectivity index (χ2v) is 12.9. The van der Waals surface area contributed by atoms with Crippen LogP contribution < -0.4 is 0 Å². The fraction of sp³-hybridized carbons (Fsp3) is 0.543. The number of aliphatic hydroxyl groups is 1. The Morgan fingerprint density at radius 1 is 1.07 bits per heavy atom. The monoisotopic (exact) mass is 558 g/mol. The molecule has 1 aromatic carbocycles. The van der Waals surface area contributed by atoms with Gasteiger partial charge in [-0.25, -0.2) is 9.59 Å². The number of carbonyl (C=O) groups is 2. The molecule has 2 fully saturated rings. The zero-order chi connectivity index (χ0) is 28.9. The van der Waals surface area contributed by atoms with Crippen LogP contribution in [0.25, 0.3) is 5.57 Å². The van der Waals surface area contributed by atoms with Crippen molar-refractivity contribution in [1.29, 1.82) is 0 Å². The Morgan fingerprint density at radius 2 is 1.90 bits per heavy atom. The average molecular weight is 559 g/mol. The van der Waals surface area contributed by atoms with Crippen molar-refractivity contribution < 1.29 is 29.3 Å². The molecule has 218 valence electrons. The van der Waals surface area contributed by atoms with Crippen LogP contribution in [-0.2, 0) is 19.1 Å². The van der Waals surface area contributed by atoms with Gasteiger partial charge in [0.2, 0.25) is 0 Å². The number of esters is 2. The fourth-order valence-corrected chi connectivity index (χ4v) is 8.43. The lowest BCUT2D eigenvalue weighted by Crippen LogP contribution is -2.52. The quantitative estimate of drug-likeness (QED) is 0.317. The van der Waals surface area contributed by atoms with Crippen LogP contribution in [-0.4, -0.2) is 28.8 Å². The minimum atomic E-state index is -0.761. The van der Waals surface area contributed by atoms with Gasteiger partial charge < -0.3 is 19.7 Å². The molecule has 5 atom stereocenters. The van der Waals surface area contributed by atoms with E-state index in [0.29, 0.717) is 29.4 Å². The van der Waals surface area contributed by atoms with Gasteiger partial charge in [-0.1, -0.05) is 45.7 Å². The van der Waals surface area contributed by atoms with Crippen LogP contribution in [0.1, 0.15) is 84.1 Å². The Hall–Kier alpha value is -3.12. The number of cyclic esters (lactones) is 2. The molecule has 6 nitrogen and oxygen atoms in total. The highest BCUT2D eigenvalue weighted by molar-refractivity contribution is 6.06. The highest BCUT2D eigenvalue weighted by Crippen LogP contribution is 2.71. The summed E-state index contributed by atoms with van der Waals surface area (Å²) in [6.45, 7) is 6.56. The lowest BCUT2D eigenvalue weighted by Gasteiger charge is -2.56. The van der Waals surface area contributed by atoms with Crippen LogP contribution in [0.15, 0.2) is 64.7 Å². The van der Waals surface area contributed by atoms with Crippen LogP contribution >= 0.6 is 0 Å². The summed E-state index contributed by atoms with van der Waals surface area (Å²) in [5, 5.41) is 20.3. The molecule has 1 aromatic rings. The number of phenols is 1. The summed E-state index contributed by atoms with van der Waals surface area (Å²) in [6, 6.07) is 7.20. The molecular formula is C35H42O6. The molecule has 1 saturated carbocycles. The molecule has 4 aliphatic carbocycles. The number of rotatable bonds is 9. The Kier molecular flexibility index (Phi) is 7.48. The van der Waals surface area contributed by atoms with Gasteiger partial charge in [-0.15, -0.1) is 0 Å². The van der Waals surface area contributed by atoms with Gasteiger partial charge in [-0.2, -0.15) is 0 Å². The number of allylic oxidation sites excluding steroid dienone is 5. The summed E-state index contributed by atoms with van der Waals surface area (Å²) in [4.78, 5) is 27.6.